The first-order valence-corrected chi connectivity index (χ1v) is 6.59. The quantitative estimate of drug-likeness (QED) is 0.650. The largest absolute Gasteiger partial charge is 0.298 e. The third-order valence-electron chi connectivity index (χ3n) is 2.39. The molecule has 0 aliphatic heterocycles. The number of halogens is 1. The average Bonchev–Trinajstić information content (AvgIpc) is 2.80. The van der Waals surface area contributed by atoms with Crippen LogP contribution in [0.25, 0.3) is 0 Å². The lowest BCUT2D eigenvalue weighted by Crippen LogP contribution is -2.17. The highest BCUT2D eigenvalue weighted by Gasteiger charge is 2.08. The standard InChI is InChI=1S/C11H14ClN5S/c1-17(6-8-4-2-3-5-9(8)12)7-10-15-16-11(14-13)18-10/h2-5H,6-7,13H2,1H3,(H,14,16). The van der Waals surface area contributed by atoms with Crippen LogP contribution < -0.4 is 11.3 Å². The molecule has 1 aromatic heterocycles. The summed E-state index contributed by atoms with van der Waals surface area (Å²) in [6.45, 7) is 1.48. The molecule has 1 heterocycles. The van der Waals surface area contributed by atoms with Gasteiger partial charge in [-0.05, 0) is 18.7 Å². The number of hydrogen-bond acceptors (Lipinski definition) is 6. The fourth-order valence-electron chi connectivity index (χ4n) is 1.58. The first kappa shape index (κ1) is 13.2. The maximum Gasteiger partial charge on any atom is 0.219 e. The summed E-state index contributed by atoms with van der Waals surface area (Å²) >= 11 is 7.56. The molecule has 0 unspecified atom stereocenters. The first-order chi connectivity index (χ1) is 8.69. The van der Waals surface area contributed by atoms with Crippen LogP contribution in [0.3, 0.4) is 0 Å². The molecule has 1 aromatic carbocycles. The lowest BCUT2D eigenvalue weighted by atomic mass is 10.2. The lowest BCUT2D eigenvalue weighted by molar-refractivity contribution is 0.318. The third-order valence-corrected chi connectivity index (χ3v) is 3.60. The van der Waals surface area contributed by atoms with E-state index < -0.39 is 0 Å². The molecular weight excluding hydrogens is 270 g/mol. The molecule has 0 bridgehead atoms. The fourth-order valence-corrected chi connectivity index (χ4v) is 2.51. The van der Waals surface area contributed by atoms with E-state index in [1.54, 1.807) is 0 Å². The Labute approximate surface area is 115 Å². The second-order valence-corrected chi connectivity index (χ2v) is 5.38. The lowest BCUT2D eigenvalue weighted by Gasteiger charge is -2.15. The molecule has 7 heteroatoms. The smallest absolute Gasteiger partial charge is 0.219 e. The molecule has 0 radical (unpaired) electrons. The second kappa shape index (κ2) is 6.10. The Kier molecular flexibility index (Phi) is 4.48. The van der Waals surface area contributed by atoms with Crippen molar-refractivity contribution in [2.45, 2.75) is 13.1 Å². The number of hydrazine groups is 1. The summed E-state index contributed by atoms with van der Waals surface area (Å²) < 4.78 is 0. The highest BCUT2D eigenvalue weighted by Crippen LogP contribution is 2.19. The van der Waals surface area contributed by atoms with Crippen LogP contribution in [0.5, 0.6) is 0 Å². The maximum absolute atomic E-state index is 6.12. The van der Waals surface area contributed by atoms with Crippen molar-refractivity contribution >= 4 is 28.1 Å². The van der Waals surface area contributed by atoms with Gasteiger partial charge in [-0.25, -0.2) is 5.84 Å². The van der Waals surface area contributed by atoms with E-state index in [2.05, 4.69) is 20.5 Å². The van der Waals surface area contributed by atoms with Crippen LogP contribution in [0.1, 0.15) is 10.6 Å². The zero-order chi connectivity index (χ0) is 13.0. The van der Waals surface area contributed by atoms with Crippen LogP contribution in [-0.2, 0) is 13.1 Å². The monoisotopic (exact) mass is 283 g/mol. The van der Waals surface area contributed by atoms with Gasteiger partial charge in [-0.15, -0.1) is 10.2 Å². The zero-order valence-electron chi connectivity index (χ0n) is 9.93. The van der Waals surface area contributed by atoms with Crippen molar-refractivity contribution in [3.8, 4) is 0 Å². The molecular formula is C11H14ClN5S. The molecule has 2 rings (SSSR count). The van der Waals surface area contributed by atoms with Gasteiger partial charge in [0.05, 0.1) is 6.54 Å². The SMILES string of the molecule is CN(Cc1nnc(NN)s1)Cc1ccccc1Cl. The van der Waals surface area contributed by atoms with Crippen LogP contribution in [0.4, 0.5) is 5.13 Å². The van der Waals surface area contributed by atoms with E-state index in [1.807, 2.05) is 31.3 Å². The molecule has 0 spiro atoms. The highest BCUT2D eigenvalue weighted by molar-refractivity contribution is 7.15. The first-order valence-electron chi connectivity index (χ1n) is 5.40. The second-order valence-electron chi connectivity index (χ2n) is 3.91. The highest BCUT2D eigenvalue weighted by atomic mass is 35.5. The number of nitrogens with zero attached hydrogens (tertiary/aromatic N) is 3. The Morgan fingerprint density at radius 1 is 1.33 bits per heavy atom. The van der Waals surface area contributed by atoms with Gasteiger partial charge in [0, 0.05) is 11.6 Å². The molecule has 0 amide bonds. The number of aromatic nitrogens is 2. The minimum atomic E-state index is 0.621. The van der Waals surface area contributed by atoms with Crippen LogP contribution in [-0.4, -0.2) is 22.1 Å². The van der Waals surface area contributed by atoms with Crippen molar-refractivity contribution in [3.05, 3.63) is 39.9 Å². The molecule has 2 aromatic rings. The zero-order valence-corrected chi connectivity index (χ0v) is 11.5. The summed E-state index contributed by atoms with van der Waals surface area (Å²) in [5.41, 5.74) is 3.59. The van der Waals surface area contributed by atoms with E-state index in [4.69, 9.17) is 17.4 Å². The Balaban J connectivity index is 1.96. The minimum absolute atomic E-state index is 0.621. The van der Waals surface area contributed by atoms with Gasteiger partial charge in [-0.1, -0.05) is 41.1 Å². The summed E-state index contributed by atoms with van der Waals surface area (Å²) in [6.07, 6.45) is 0. The molecule has 0 saturated carbocycles. The summed E-state index contributed by atoms with van der Waals surface area (Å²) in [5.74, 6) is 5.26. The third kappa shape index (κ3) is 3.39. The number of nitrogens with one attached hydrogen (secondary N) is 1. The van der Waals surface area contributed by atoms with Crippen LogP contribution in [0, 0.1) is 0 Å². The van der Waals surface area contributed by atoms with Crippen molar-refractivity contribution in [2.24, 2.45) is 5.84 Å². The molecule has 0 fully saturated rings. The molecule has 96 valence electrons. The van der Waals surface area contributed by atoms with Crippen LogP contribution in [0.2, 0.25) is 5.02 Å². The Morgan fingerprint density at radius 3 is 2.78 bits per heavy atom. The van der Waals surface area contributed by atoms with E-state index in [0.717, 1.165) is 22.1 Å². The predicted molar refractivity (Wildman–Crippen MR) is 74.3 cm³/mol. The Bertz CT molecular complexity index is 516. The van der Waals surface area contributed by atoms with Crippen molar-refractivity contribution in [1.82, 2.24) is 15.1 Å². The van der Waals surface area contributed by atoms with Crippen LogP contribution >= 0.6 is 22.9 Å². The molecule has 0 aliphatic rings. The van der Waals surface area contributed by atoms with Crippen molar-refractivity contribution in [1.29, 1.82) is 0 Å². The molecule has 5 nitrogen and oxygen atoms in total. The van der Waals surface area contributed by atoms with Gasteiger partial charge in [0.25, 0.3) is 0 Å². The number of nitrogens with two attached hydrogens (primary N) is 1. The molecule has 0 atom stereocenters. The van der Waals surface area contributed by atoms with Gasteiger partial charge in [0.15, 0.2) is 0 Å². The number of nitrogen functional groups attached to an aromatic ring is 1. The van der Waals surface area contributed by atoms with Gasteiger partial charge in [-0.3, -0.25) is 10.3 Å². The van der Waals surface area contributed by atoms with E-state index in [-0.39, 0.29) is 0 Å². The van der Waals surface area contributed by atoms with E-state index in [9.17, 15) is 0 Å². The van der Waals surface area contributed by atoms with E-state index in [1.165, 1.54) is 11.3 Å². The predicted octanol–water partition coefficient (Wildman–Crippen LogP) is 2.11. The van der Waals surface area contributed by atoms with Gasteiger partial charge in [-0.2, -0.15) is 0 Å². The number of benzene rings is 1. The fraction of sp³-hybridized carbons (Fsp3) is 0.273. The van der Waals surface area contributed by atoms with Crippen molar-refractivity contribution in [3.63, 3.8) is 0 Å². The van der Waals surface area contributed by atoms with E-state index >= 15 is 0 Å². The summed E-state index contributed by atoms with van der Waals surface area (Å²) in [7, 11) is 2.01. The number of hydrogen-bond donors (Lipinski definition) is 2. The molecule has 3 N–H and O–H groups in total. The van der Waals surface area contributed by atoms with E-state index in [0.29, 0.717) is 11.7 Å². The topological polar surface area (TPSA) is 67.1 Å². The van der Waals surface area contributed by atoms with Crippen molar-refractivity contribution < 1.29 is 0 Å². The number of rotatable bonds is 5. The summed E-state index contributed by atoms with van der Waals surface area (Å²) in [4.78, 5) is 2.13. The van der Waals surface area contributed by atoms with Gasteiger partial charge >= 0.3 is 0 Å². The minimum Gasteiger partial charge on any atom is -0.298 e. The van der Waals surface area contributed by atoms with Gasteiger partial charge in [0.1, 0.15) is 5.01 Å². The average molecular weight is 284 g/mol. The summed E-state index contributed by atoms with van der Waals surface area (Å²) in [5, 5.41) is 10.3. The van der Waals surface area contributed by atoms with Gasteiger partial charge in [0.2, 0.25) is 5.13 Å². The van der Waals surface area contributed by atoms with Gasteiger partial charge < -0.3 is 0 Å². The maximum atomic E-state index is 6.12. The molecule has 0 aliphatic carbocycles. The summed E-state index contributed by atoms with van der Waals surface area (Å²) in [6, 6.07) is 7.82. The van der Waals surface area contributed by atoms with Crippen molar-refractivity contribution in [2.75, 3.05) is 12.5 Å². The Morgan fingerprint density at radius 2 is 2.11 bits per heavy atom. The molecule has 0 saturated heterocycles. The molecule has 18 heavy (non-hydrogen) atoms. The number of anilines is 1. The normalized spacial score (nSPS) is 10.9. The van der Waals surface area contributed by atoms with Crippen LogP contribution in [0.15, 0.2) is 24.3 Å². The Hall–Kier alpha value is -1.21.